The lowest BCUT2D eigenvalue weighted by molar-refractivity contribution is 0.143. The van der Waals surface area contributed by atoms with Gasteiger partial charge in [0.05, 0.1) is 22.8 Å². The third kappa shape index (κ3) is 3.45. The molecule has 0 bridgehead atoms. The predicted molar refractivity (Wildman–Crippen MR) is 108 cm³/mol. The van der Waals surface area contributed by atoms with E-state index in [9.17, 15) is 9.59 Å². The first-order valence-electron chi connectivity index (χ1n) is 10.0. The molecule has 0 amide bonds. The number of nitrogens with zero attached hydrogens (tertiary/aromatic N) is 2. The van der Waals surface area contributed by atoms with Crippen LogP contribution in [0.15, 0.2) is 11.0 Å². The number of carbonyl (C=O) groups is 1. The normalized spacial score (nSPS) is 18.9. The number of fused-ring (bicyclic) bond motifs is 1. The van der Waals surface area contributed by atoms with Crippen molar-refractivity contribution in [3.05, 3.63) is 28.1 Å². The highest BCUT2D eigenvalue weighted by atomic mass is 19.1. The minimum Gasteiger partial charge on any atom is -0.449 e. The number of rotatable bonds is 6. The van der Waals surface area contributed by atoms with Gasteiger partial charge in [-0.25, -0.2) is 13.6 Å². The summed E-state index contributed by atoms with van der Waals surface area (Å²) < 4.78 is 36.9. The third-order valence-electron chi connectivity index (χ3n) is 5.75. The van der Waals surface area contributed by atoms with Crippen LogP contribution in [0.4, 0.5) is 25.0 Å². The first kappa shape index (κ1) is 20.4. The molecule has 1 aliphatic carbocycles. The number of aromatic nitrogens is 1. The fourth-order valence-corrected chi connectivity index (χ4v) is 4.16. The standard InChI is InChI=1S/C20H24F2N4O4/c1-2-24-7-10-5-6-25(8-10)18-14(21)16(23)13-17(15(18)22)26(11-3-4-11)9-12(19(13)27)30-20(28)29/h9-11,24H,2-8,23H2,1H3,(H,28,29). The summed E-state index contributed by atoms with van der Waals surface area (Å²) in [4.78, 5) is 25.3. The lowest BCUT2D eigenvalue weighted by Crippen LogP contribution is -2.28. The highest BCUT2D eigenvalue weighted by molar-refractivity contribution is 5.96. The van der Waals surface area contributed by atoms with E-state index in [2.05, 4.69) is 10.1 Å². The predicted octanol–water partition coefficient (Wildman–Crippen LogP) is 2.69. The average molecular weight is 422 g/mol. The van der Waals surface area contributed by atoms with Gasteiger partial charge in [0, 0.05) is 19.1 Å². The van der Waals surface area contributed by atoms with E-state index in [1.807, 2.05) is 6.92 Å². The first-order chi connectivity index (χ1) is 14.3. The summed E-state index contributed by atoms with van der Waals surface area (Å²) in [6.07, 6.45) is 1.73. The minimum absolute atomic E-state index is 0.107. The fourth-order valence-electron chi connectivity index (χ4n) is 4.16. The van der Waals surface area contributed by atoms with Gasteiger partial charge in [0.25, 0.3) is 0 Å². The summed E-state index contributed by atoms with van der Waals surface area (Å²) in [7, 11) is 0. The fraction of sp³-hybridized carbons (Fsp3) is 0.500. The summed E-state index contributed by atoms with van der Waals surface area (Å²) in [6.45, 7) is 4.51. The van der Waals surface area contributed by atoms with Crippen LogP contribution in [0.3, 0.4) is 0 Å². The van der Waals surface area contributed by atoms with Gasteiger partial charge in [-0.1, -0.05) is 6.92 Å². The van der Waals surface area contributed by atoms with Crippen molar-refractivity contribution >= 4 is 28.4 Å². The Morgan fingerprint density at radius 3 is 2.70 bits per heavy atom. The Morgan fingerprint density at radius 1 is 1.33 bits per heavy atom. The molecule has 1 aliphatic heterocycles. The van der Waals surface area contributed by atoms with Crippen LogP contribution in [0.25, 0.3) is 10.9 Å². The van der Waals surface area contributed by atoms with Crippen LogP contribution in [0.5, 0.6) is 5.75 Å². The highest BCUT2D eigenvalue weighted by Gasteiger charge is 2.34. The van der Waals surface area contributed by atoms with E-state index in [-0.39, 0.29) is 28.6 Å². The molecule has 4 N–H and O–H groups in total. The molecular weight excluding hydrogens is 398 g/mol. The number of halogens is 2. The smallest absolute Gasteiger partial charge is 0.449 e. The van der Waals surface area contributed by atoms with Gasteiger partial charge < -0.3 is 30.4 Å². The van der Waals surface area contributed by atoms with Crippen molar-refractivity contribution in [3.8, 4) is 5.75 Å². The maximum atomic E-state index is 15.7. The van der Waals surface area contributed by atoms with Gasteiger partial charge in [0.15, 0.2) is 17.4 Å². The van der Waals surface area contributed by atoms with Crippen molar-refractivity contribution < 1.29 is 23.4 Å². The second-order valence-corrected chi connectivity index (χ2v) is 7.85. The van der Waals surface area contributed by atoms with Crippen LogP contribution < -0.4 is 26.1 Å². The Labute approximate surface area is 171 Å². The molecule has 30 heavy (non-hydrogen) atoms. The largest absolute Gasteiger partial charge is 0.511 e. The first-order valence-corrected chi connectivity index (χ1v) is 10.0. The van der Waals surface area contributed by atoms with E-state index in [1.54, 1.807) is 4.90 Å². The molecule has 1 saturated carbocycles. The molecule has 1 aromatic heterocycles. The van der Waals surface area contributed by atoms with E-state index < -0.39 is 34.7 Å². The molecule has 162 valence electrons. The van der Waals surface area contributed by atoms with Crippen LogP contribution >= 0.6 is 0 Å². The molecule has 4 rings (SSSR count). The lowest BCUT2D eigenvalue weighted by Gasteiger charge is -2.24. The van der Waals surface area contributed by atoms with Crippen molar-refractivity contribution in [1.82, 2.24) is 9.88 Å². The zero-order chi connectivity index (χ0) is 21.6. The van der Waals surface area contributed by atoms with Crippen molar-refractivity contribution in [2.24, 2.45) is 5.92 Å². The third-order valence-corrected chi connectivity index (χ3v) is 5.75. The summed E-state index contributed by atoms with van der Waals surface area (Å²) in [6, 6.07) is -0.128. The van der Waals surface area contributed by atoms with Crippen LogP contribution in [0.1, 0.15) is 32.2 Å². The molecule has 2 aliphatic rings. The average Bonchev–Trinajstić information content (AvgIpc) is 3.44. The highest BCUT2D eigenvalue weighted by Crippen LogP contribution is 2.43. The Hall–Kier alpha value is -2.88. The van der Waals surface area contributed by atoms with E-state index in [4.69, 9.17) is 10.8 Å². The SMILES string of the molecule is CCNCC1CCN(c2c(F)c(N)c3c(=O)c(OC(=O)O)cn(C4CC4)c3c2F)C1. The Morgan fingerprint density at radius 2 is 2.07 bits per heavy atom. The molecule has 2 heterocycles. The number of hydrogen-bond donors (Lipinski definition) is 3. The molecule has 1 saturated heterocycles. The molecule has 2 fully saturated rings. The monoisotopic (exact) mass is 422 g/mol. The van der Waals surface area contributed by atoms with Crippen molar-refractivity contribution in [3.63, 3.8) is 0 Å². The number of hydrogen-bond acceptors (Lipinski definition) is 6. The summed E-state index contributed by atoms with van der Waals surface area (Å²) in [5.74, 6) is -2.13. The summed E-state index contributed by atoms with van der Waals surface area (Å²) in [5.41, 5.74) is 4.18. The van der Waals surface area contributed by atoms with Crippen molar-refractivity contribution in [2.75, 3.05) is 36.8 Å². The maximum absolute atomic E-state index is 15.7. The molecule has 0 radical (unpaired) electrons. The number of ether oxygens (including phenoxy) is 1. The van der Waals surface area contributed by atoms with Crippen LogP contribution in [0, 0.1) is 17.6 Å². The van der Waals surface area contributed by atoms with Gasteiger partial charge >= 0.3 is 6.16 Å². The van der Waals surface area contributed by atoms with E-state index in [0.717, 1.165) is 32.4 Å². The van der Waals surface area contributed by atoms with Crippen LogP contribution in [-0.2, 0) is 0 Å². The maximum Gasteiger partial charge on any atom is 0.511 e. The number of pyridine rings is 1. The van der Waals surface area contributed by atoms with Crippen molar-refractivity contribution in [1.29, 1.82) is 0 Å². The van der Waals surface area contributed by atoms with Crippen molar-refractivity contribution in [2.45, 2.75) is 32.2 Å². The molecule has 1 aromatic carbocycles. The van der Waals surface area contributed by atoms with Gasteiger partial charge in [-0.05, 0) is 38.3 Å². The van der Waals surface area contributed by atoms with Gasteiger partial charge in [0.1, 0.15) is 5.69 Å². The zero-order valence-corrected chi connectivity index (χ0v) is 16.6. The van der Waals surface area contributed by atoms with Gasteiger partial charge in [-0.15, -0.1) is 0 Å². The molecule has 1 atom stereocenters. The summed E-state index contributed by atoms with van der Waals surface area (Å²) in [5, 5.41) is 11.8. The Balaban J connectivity index is 1.88. The quantitative estimate of drug-likeness (QED) is 0.485. The minimum atomic E-state index is -1.69. The van der Waals surface area contributed by atoms with E-state index >= 15 is 8.78 Å². The second kappa shape index (κ2) is 7.75. The Kier molecular flexibility index (Phi) is 5.27. The van der Waals surface area contributed by atoms with Gasteiger partial charge in [-0.3, -0.25) is 4.79 Å². The van der Waals surface area contributed by atoms with E-state index in [0.29, 0.717) is 13.1 Å². The molecule has 10 heteroatoms. The molecule has 0 spiro atoms. The second-order valence-electron chi connectivity index (χ2n) is 7.85. The molecule has 8 nitrogen and oxygen atoms in total. The zero-order valence-electron chi connectivity index (χ0n) is 16.6. The number of nitrogens with one attached hydrogen (secondary N) is 1. The summed E-state index contributed by atoms with van der Waals surface area (Å²) >= 11 is 0. The van der Waals surface area contributed by atoms with Gasteiger partial charge in [0.2, 0.25) is 5.43 Å². The number of carboxylic acid groups (broad SMARTS) is 1. The van der Waals surface area contributed by atoms with Crippen LogP contribution in [-0.4, -0.2) is 42.0 Å². The number of nitrogens with two attached hydrogens (primary N) is 1. The number of benzene rings is 1. The molecule has 1 unspecified atom stereocenters. The van der Waals surface area contributed by atoms with Crippen LogP contribution in [0.2, 0.25) is 0 Å². The lowest BCUT2D eigenvalue weighted by atomic mass is 10.1. The van der Waals surface area contributed by atoms with Gasteiger partial charge in [-0.2, -0.15) is 0 Å². The topological polar surface area (TPSA) is 110 Å². The molecular formula is C20H24F2N4O4. The molecule has 2 aromatic rings. The number of nitrogen functional groups attached to an aromatic ring is 1. The number of anilines is 2. The van der Waals surface area contributed by atoms with E-state index in [1.165, 1.54) is 10.8 Å². The Bertz CT molecular complexity index is 1070.